The highest BCUT2D eigenvalue weighted by Crippen LogP contribution is 2.30. The summed E-state index contributed by atoms with van der Waals surface area (Å²) in [6, 6.07) is 12.3. The maximum Gasteiger partial charge on any atom is 0.325 e. The molecule has 1 fully saturated rings. The first-order chi connectivity index (χ1) is 12.7. The molecule has 1 aliphatic heterocycles. The van der Waals surface area contributed by atoms with Crippen LogP contribution in [0.2, 0.25) is 0 Å². The number of para-hydroxylation sites is 1. The van der Waals surface area contributed by atoms with Crippen molar-refractivity contribution in [2.75, 3.05) is 11.9 Å². The summed E-state index contributed by atoms with van der Waals surface area (Å²) >= 11 is 3.37. The summed E-state index contributed by atoms with van der Waals surface area (Å²) in [5.74, 6) is -0.878. The van der Waals surface area contributed by atoms with E-state index in [4.69, 9.17) is 0 Å². The summed E-state index contributed by atoms with van der Waals surface area (Å²) in [5, 5.41) is 5.50. The van der Waals surface area contributed by atoms with E-state index in [-0.39, 0.29) is 6.54 Å². The predicted molar refractivity (Wildman–Crippen MR) is 106 cm³/mol. The molecule has 1 heterocycles. The molecule has 0 saturated carbocycles. The van der Waals surface area contributed by atoms with E-state index >= 15 is 0 Å². The number of carbonyl (C=O) groups excluding carboxylic acids is 3. The van der Waals surface area contributed by atoms with Crippen molar-refractivity contribution in [3.05, 3.63) is 63.6 Å². The van der Waals surface area contributed by atoms with E-state index < -0.39 is 23.4 Å². The number of rotatable bonds is 4. The number of urea groups is 1. The molecule has 4 amide bonds. The van der Waals surface area contributed by atoms with E-state index in [1.54, 1.807) is 25.1 Å². The van der Waals surface area contributed by atoms with Crippen molar-refractivity contribution >= 4 is 39.5 Å². The van der Waals surface area contributed by atoms with Gasteiger partial charge in [-0.3, -0.25) is 14.5 Å². The standard InChI is InChI=1S/C20H20BrN3O3/c1-12-6-4-7-13(2)17(12)22-16(25)11-24-18(26)20(3,23-19(24)27)14-8-5-9-15(21)10-14/h4-10H,11H2,1-3H3,(H,22,25)(H,23,27). The fraction of sp³-hybridized carbons (Fsp3) is 0.250. The Morgan fingerprint density at radius 2 is 1.78 bits per heavy atom. The van der Waals surface area contributed by atoms with Crippen molar-refractivity contribution in [3.63, 3.8) is 0 Å². The molecule has 1 unspecified atom stereocenters. The molecule has 7 heteroatoms. The van der Waals surface area contributed by atoms with Crippen LogP contribution in [-0.4, -0.2) is 29.3 Å². The number of halogens is 1. The number of imide groups is 1. The van der Waals surface area contributed by atoms with Gasteiger partial charge in [0.2, 0.25) is 5.91 Å². The lowest BCUT2D eigenvalue weighted by molar-refractivity contribution is -0.133. The van der Waals surface area contributed by atoms with Crippen LogP contribution >= 0.6 is 15.9 Å². The third-order valence-electron chi connectivity index (χ3n) is 4.72. The van der Waals surface area contributed by atoms with Gasteiger partial charge in [-0.2, -0.15) is 0 Å². The SMILES string of the molecule is Cc1cccc(C)c1NC(=O)CN1C(=O)NC(C)(c2cccc(Br)c2)C1=O. The van der Waals surface area contributed by atoms with Crippen LogP contribution in [0.1, 0.15) is 23.6 Å². The normalized spacial score (nSPS) is 19.2. The zero-order valence-electron chi connectivity index (χ0n) is 15.3. The van der Waals surface area contributed by atoms with Crippen molar-refractivity contribution in [2.45, 2.75) is 26.3 Å². The first-order valence-corrected chi connectivity index (χ1v) is 9.28. The number of nitrogens with zero attached hydrogens (tertiary/aromatic N) is 1. The average Bonchev–Trinajstić information content (AvgIpc) is 2.82. The van der Waals surface area contributed by atoms with Crippen molar-refractivity contribution in [1.82, 2.24) is 10.2 Å². The van der Waals surface area contributed by atoms with Crippen LogP contribution in [0.5, 0.6) is 0 Å². The molecule has 1 saturated heterocycles. The quantitative estimate of drug-likeness (QED) is 0.730. The lowest BCUT2D eigenvalue weighted by atomic mass is 9.92. The highest BCUT2D eigenvalue weighted by atomic mass is 79.9. The van der Waals surface area contributed by atoms with Crippen LogP contribution in [-0.2, 0) is 15.1 Å². The monoisotopic (exact) mass is 429 g/mol. The molecular formula is C20H20BrN3O3. The lowest BCUT2D eigenvalue weighted by Crippen LogP contribution is -2.42. The molecule has 2 aromatic rings. The fourth-order valence-electron chi connectivity index (χ4n) is 3.17. The molecule has 0 bridgehead atoms. The molecule has 140 valence electrons. The van der Waals surface area contributed by atoms with Crippen LogP contribution in [0, 0.1) is 13.8 Å². The summed E-state index contributed by atoms with van der Waals surface area (Å²) in [7, 11) is 0. The van der Waals surface area contributed by atoms with Crippen LogP contribution in [0.25, 0.3) is 0 Å². The molecule has 0 spiro atoms. The molecule has 0 aliphatic carbocycles. The Balaban J connectivity index is 1.79. The van der Waals surface area contributed by atoms with Crippen LogP contribution in [0.3, 0.4) is 0 Å². The van der Waals surface area contributed by atoms with E-state index in [1.165, 1.54) is 0 Å². The minimum Gasteiger partial charge on any atom is -0.324 e. The van der Waals surface area contributed by atoms with Gasteiger partial charge in [-0.15, -0.1) is 0 Å². The molecule has 0 radical (unpaired) electrons. The van der Waals surface area contributed by atoms with Gasteiger partial charge in [-0.1, -0.05) is 46.3 Å². The molecule has 1 aliphatic rings. The van der Waals surface area contributed by atoms with Crippen LogP contribution < -0.4 is 10.6 Å². The first kappa shape index (κ1) is 19.1. The number of nitrogens with one attached hydrogen (secondary N) is 2. The molecule has 2 aromatic carbocycles. The fourth-order valence-corrected chi connectivity index (χ4v) is 3.57. The van der Waals surface area contributed by atoms with Gasteiger partial charge in [0.25, 0.3) is 5.91 Å². The minimum atomic E-state index is -1.21. The summed E-state index contributed by atoms with van der Waals surface area (Å²) in [4.78, 5) is 38.7. The number of hydrogen-bond donors (Lipinski definition) is 2. The van der Waals surface area contributed by atoms with E-state index in [9.17, 15) is 14.4 Å². The molecular weight excluding hydrogens is 410 g/mol. The molecule has 3 rings (SSSR count). The highest BCUT2D eigenvalue weighted by Gasteiger charge is 2.49. The Labute approximate surface area is 166 Å². The van der Waals surface area contributed by atoms with Gasteiger partial charge in [0.05, 0.1) is 0 Å². The van der Waals surface area contributed by atoms with Crippen molar-refractivity contribution in [2.24, 2.45) is 0 Å². The smallest absolute Gasteiger partial charge is 0.324 e. The number of anilines is 1. The lowest BCUT2D eigenvalue weighted by Gasteiger charge is -2.22. The number of carbonyl (C=O) groups is 3. The van der Waals surface area contributed by atoms with E-state index in [1.807, 2.05) is 38.1 Å². The van der Waals surface area contributed by atoms with Crippen LogP contribution in [0.4, 0.5) is 10.5 Å². The Morgan fingerprint density at radius 1 is 1.15 bits per heavy atom. The van der Waals surface area contributed by atoms with Gasteiger partial charge in [0, 0.05) is 10.2 Å². The molecule has 2 N–H and O–H groups in total. The van der Waals surface area contributed by atoms with Gasteiger partial charge in [-0.25, -0.2) is 4.79 Å². The Bertz CT molecular complexity index is 924. The second-order valence-corrected chi connectivity index (χ2v) is 7.69. The van der Waals surface area contributed by atoms with Crippen molar-refractivity contribution in [3.8, 4) is 0 Å². The Hall–Kier alpha value is -2.67. The van der Waals surface area contributed by atoms with Gasteiger partial charge < -0.3 is 10.6 Å². The summed E-state index contributed by atoms with van der Waals surface area (Å²) in [6.07, 6.45) is 0. The average molecular weight is 430 g/mol. The molecule has 6 nitrogen and oxygen atoms in total. The zero-order chi connectivity index (χ0) is 19.8. The third-order valence-corrected chi connectivity index (χ3v) is 5.22. The second kappa shape index (κ2) is 7.15. The van der Waals surface area contributed by atoms with E-state index in [0.29, 0.717) is 11.3 Å². The number of hydrogen-bond acceptors (Lipinski definition) is 3. The van der Waals surface area contributed by atoms with E-state index in [2.05, 4.69) is 26.6 Å². The minimum absolute atomic E-state index is 0.345. The van der Waals surface area contributed by atoms with Gasteiger partial charge in [-0.05, 0) is 49.6 Å². The number of benzene rings is 2. The van der Waals surface area contributed by atoms with Gasteiger partial charge in [0.1, 0.15) is 12.1 Å². The summed E-state index contributed by atoms with van der Waals surface area (Å²) in [6.45, 7) is 5.07. The van der Waals surface area contributed by atoms with Crippen LogP contribution in [0.15, 0.2) is 46.9 Å². The zero-order valence-corrected chi connectivity index (χ0v) is 16.9. The predicted octanol–water partition coefficient (Wildman–Crippen LogP) is 3.47. The Kier molecular flexibility index (Phi) is 5.06. The maximum absolute atomic E-state index is 12.9. The third kappa shape index (κ3) is 3.60. The molecule has 27 heavy (non-hydrogen) atoms. The largest absolute Gasteiger partial charge is 0.325 e. The van der Waals surface area contributed by atoms with Crippen molar-refractivity contribution < 1.29 is 14.4 Å². The number of amides is 4. The van der Waals surface area contributed by atoms with Crippen molar-refractivity contribution in [1.29, 1.82) is 0 Å². The molecule has 0 aromatic heterocycles. The topological polar surface area (TPSA) is 78.5 Å². The first-order valence-electron chi connectivity index (χ1n) is 8.48. The van der Waals surface area contributed by atoms with Gasteiger partial charge in [0.15, 0.2) is 0 Å². The molecule has 1 atom stereocenters. The second-order valence-electron chi connectivity index (χ2n) is 6.77. The van der Waals surface area contributed by atoms with Gasteiger partial charge >= 0.3 is 6.03 Å². The Morgan fingerprint density at radius 3 is 2.41 bits per heavy atom. The highest BCUT2D eigenvalue weighted by molar-refractivity contribution is 9.10. The summed E-state index contributed by atoms with van der Waals surface area (Å²) in [5.41, 5.74) is 1.97. The van der Waals surface area contributed by atoms with E-state index in [0.717, 1.165) is 20.5 Å². The summed E-state index contributed by atoms with van der Waals surface area (Å²) < 4.78 is 0.800. The number of aryl methyl sites for hydroxylation is 2. The maximum atomic E-state index is 12.9.